The van der Waals surface area contributed by atoms with Crippen LogP contribution in [0.2, 0.25) is 0 Å². The Morgan fingerprint density at radius 2 is 1.62 bits per heavy atom. The lowest BCUT2D eigenvalue weighted by Crippen LogP contribution is -2.32. The minimum atomic E-state index is -0.0714. The number of rotatable bonds is 6. The van der Waals surface area contributed by atoms with E-state index in [1.165, 1.54) is 5.39 Å². The Balaban J connectivity index is 1.35. The number of benzene rings is 3. The molecule has 4 nitrogen and oxygen atoms in total. The Bertz CT molecular complexity index is 1050. The van der Waals surface area contributed by atoms with Gasteiger partial charge in [-0.05, 0) is 65.6 Å². The van der Waals surface area contributed by atoms with Crippen LogP contribution in [0.5, 0.6) is 5.75 Å². The molecule has 0 atom stereocenters. The summed E-state index contributed by atoms with van der Waals surface area (Å²) < 4.78 is 5.56. The van der Waals surface area contributed by atoms with Crippen molar-refractivity contribution in [2.24, 2.45) is 0 Å². The van der Waals surface area contributed by atoms with Crippen LogP contribution in [0.3, 0.4) is 0 Å². The molecule has 1 saturated heterocycles. The first-order valence-electron chi connectivity index (χ1n) is 9.91. The lowest BCUT2D eigenvalue weighted by molar-refractivity contribution is -0.132. The standard InChI is InChI=1S/C25H23NO3/c27-24(14-8-19-7-9-20-5-1-2-6-22(20)17-19)21-10-12-23(13-11-21)29-18-25(28)26-15-3-4-16-26/h1-2,5-14,17H,3-4,15-16,18H2/b14-8+. The van der Waals surface area contributed by atoms with Crippen molar-refractivity contribution in [2.75, 3.05) is 19.7 Å². The molecule has 0 aliphatic carbocycles. The predicted octanol–water partition coefficient (Wildman–Crippen LogP) is 4.74. The highest BCUT2D eigenvalue weighted by molar-refractivity contribution is 6.07. The molecule has 0 unspecified atom stereocenters. The van der Waals surface area contributed by atoms with Crippen LogP contribution in [0.4, 0.5) is 0 Å². The zero-order valence-electron chi connectivity index (χ0n) is 16.2. The van der Waals surface area contributed by atoms with Crippen molar-refractivity contribution in [3.05, 3.63) is 83.9 Å². The Labute approximate surface area is 170 Å². The zero-order valence-corrected chi connectivity index (χ0v) is 16.2. The molecular weight excluding hydrogens is 362 g/mol. The van der Waals surface area contributed by atoms with E-state index in [1.54, 1.807) is 30.3 Å². The summed E-state index contributed by atoms with van der Waals surface area (Å²) in [5.74, 6) is 0.534. The van der Waals surface area contributed by atoms with E-state index in [0.717, 1.165) is 36.9 Å². The summed E-state index contributed by atoms with van der Waals surface area (Å²) in [6.07, 6.45) is 5.54. The fraction of sp³-hybridized carbons (Fsp3) is 0.200. The number of hydrogen-bond acceptors (Lipinski definition) is 3. The van der Waals surface area contributed by atoms with Gasteiger partial charge in [0, 0.05) is 18.7 Å². The fourth-order valence-electron chi connectivity index (χ4n) is 3.50. The Kier molecular flexibility index (Phi) is 5.71. The Morgan fingerprint density at radius 3 is 2.38 bits per heavy atom. The number of ketones is 1. The molecule has 0 aromatic heterocycles. The van der Waals surface area contributed by atoms with Gasteiger partial charge >= 0.3 is 0 Å². The molecule has 4 heteroatoms. The van der Waals surface area contributed by atoms with E-state index in [-0.39, 0.29) is 18.3 Å². The van der Waals surface area contributed by atoms with Crippen LogP contribution < -0.4 is 4.74 Å². The first-order chi connectivity index (χ1) is 14.2. The van der Waals surface area contributed by atoms with Gasteiger partial charge < -0.3 is 9.64 Å². The molecule has 1 amide bonds. The van der Waals surface area contributed by atoms with Crippen molar-refractivity contribution in [1.82, 2.24) is 4.90 Å². The van der Waals surface area contributed by atoms with Gasteiger partial charge in [0.25, 0.3) is 5.91 Å². The predicted molar refractivity (Wildman–Crippen MR) is 115 cm³/mol. The van der Waals surface area contributed by atoms with Gasteiger partial charge in [-0.1, -0.05) is 42.5 Å². The molecule has 4 rings (SSSR count). The molecule has 0 radical (unpaired) electrons. The molecular formula is C25H23NO3. The quantitative estimate of drug-likeness (QED) is 0.455. The maximum atomic E-state index is 12.4. The molecule has 1 aliphatic heterocycles. The van der Waals surface area contributed by atoms with Crippen LogP contribution >= 0.6 is 0 Å². The molecule has 3 aromatic carbocycles. The average molecular weight is 385 g/mol. The topological polar surface area (TPSA) is 46.6 Å². The second kappa shape index (κ2) is 8.74. The van der Waals surface area contributed by atoms with Crippen molar-refractivity contribution in [2.45, 2.75) is 12.8 Å². The number of likely N-dealkylation sites (tertiary alicyclic amines) is 1. The Hall–Kier alpha value is -3.40. The van der Waals surface area contributed by atoms with Crippen molar-refractivity contribution in [1.29, 1.82) is 0 Å². The smallest absolute Gasteiger partial charge is 0.260 e. The highest BCUT2D eigenvalue weighted by Gasteiger charge is 2.18. The zero-order chi connectivity index (χ0) is 20.1. The lowest BCUT2D eigenvalue weighted by atomic mass is 10.1. The van der Waals surface area contributed by atoms with E-state index in [2.05, 4.69) is 24.3 Å². The third kappa shape index (κ3) is 4.72. The second-order valence-electron chi connectivity index (χ2n) is 7.21. The maximum absolute atomic E-state index is 12.4. The number of nitrogens with zero attached hydrogens (tertiary/aromatic N) is 1. The van der Waals surface area contributed by atoms with Crippen molar-refractivity contribution < 1.29 is 14.3 Å². The van der Waals surface area contributed by atoms with Crippen molar-refractivity contribution in [3.8, 4) is 5.75 Å². The lowest BCUT2D eigenvalue weighted by Gasteiger charge is -2.15. The molecule has 0 N–H and O–H groups in total. The molecule has 1 fully saturated rings. The molecule has 29 heavy (non-hydrogen) atoms. The van der Waals surface area contributed by atoms with Crippen LogP contribution in [0.15, 0.2) is 72.8 Å². The highest BCUT2D eigenvalue weighted by atomic mass is 16.5. The van der Waals surface area contributed by atoms with Crippen LogP contribution in [-0.4, -0.2) is 36.3 Å². The van der Waals surface area contributed by atoms with E-state index >= 15 is 0 Å². The normalized spacial score (nSPS) is 13.9. The van der Waals surface area contributed by atoms with Gasteiger partial charge in [0.15, 0.2) is 12.4 Å². The monoisotopic (exact) mass is 385 g/mol. The van der Waals surface area contributed by atoms with Crippen LogP contribution in [0.25, 0.3) is 16.8 Å². The summed E-state index contributed by atoms with van der Waals surface area (Å²) in [5.41, 5.74) is 1.57. The van der Waals surface area contributed by atoms with Gasteiger partial charge in [0.05, 0.1) is 0 Å². The molecule has 0 saturated carbocycles. The highest BCUT2D eigenvalue weighted by Crippen LogP contribution is 2.18. The van der Waals surface area contributed by atoms with E-state index in [9.17, 15) is 9.59 Å². The third-order valence-electron chi connectivity index (χ3n) is 5.16. The van der Waals surface area contributed by atoms with Crippen LogP contribution in [-0.2, 0) is 4.79 Å². The summed E-state index contributed by atoms with van der Waals surface area (Å²) in [4.78, 5) is 26.3. The molecule has 0 spiro atoms. The van der Waals surface area contributed by atoms with Gasteiger partial charge in [0.2, 0.25) is 0 Å². The van der Waals surface area contributed by atoms with Gasteiger partial charge in [-0.2, -0.15) is 0 Å². The number of ether oxygens (including phenoxy) is 1. The summed E-state index contributed by atoms with van der Waals surface area (Å²) >= 11 is 0. The van der Waals surface area contributed by atoms with Gasteiger partial charge in [0.1, 0.15) is 5.75 Å². The second-order valence-corrected chi connectivity index (χ2v) is 7.21. The number of carbonyl (C=O) groups excluding carboxylic acids is 2. The third-order valence-corrected chi connectivity index (χ3v) is 5.16. The van der Waals surface area contributed by atoms with Gasteiger partial charge in [-0.25, -0.2) is 0 Å². The van der Waals surface area contributed by atoms with Gasteiger partial charge in [-0.3, -0.25) is 9.59 Å². The minimum absolute atomic E-state index is 0.0148. The Morgan fingerprint density at radius 1 is 0.897 bits per heavy atom. The molecule has 1 aliphatic rings. The first-order valence-corrected chi connectivity index (χ1v) is 9.91. The number of allylic oxidation sites excluding steroid dienone is 1. The number of carbonyl (C=O) groups is 2. The van der Waals surface area contributed by atoms with E-state index < -0.39 is 0 Å². The summed E-state index contributed by atoms with van der Waals surface area (Å²) in [7, 11) is 0. The van der Waals surface area contributed by atoms with E-state index in [4.69, 9.17) is 4.74 Å². The molecule has 0 bridgehead atoms. The largest absolute Gasteiger partial charge is 0.484 e. The van der Waals surface area contributed by atoms with Crippen LogP contribution in [0, 0.1) is 0 Å². The summed E-state index contributed by atoms with van der Waals surface area (Å²) in [5, 5.41) is 2.32. The number of fused-ring (bicyclic) bond motifs is 1. The first kappa shape index (κ1) is 18.9. The average Bonchev–Trinajstić information content (AvgIpc) is 3.31. The fourth-order valence-corrected chi connectivity index (χ4v) is 3.50. The SMILES string of the molecule is O=C(/C=C/c1ccc2ccccc2c1)c1ccc(OCC(=O)N2CCCC2)cc1. The minimum Gasteiger partial charge on any atom is -0.484 e. The molecule has 1 heterocycles. The van der Waals surface area contributed by atoms with Crippen LogP contribution in [0.1, 0.15) is 28.8 Å². The van der Waals surface area contributed by atoms with Crippen molar-refractivity contribution in [3.63, 3.8) is 0 Å². The summed E-state index contributed by atoms with van der Waals surface area (Å²) in [6, 6.07) is 21.2. The molecule has 146 valence electrons. The van der Waals surface area contributed by atoms with E-state index in [1.807, 2.05) is 29.2 Å². The summed E-state index contributed by atoms with van der Waals surface area (Å²) in [6.45, 7) is 1.67. The van der Waals surface area contributed by atoms with Crippen molar-refractivity contribution >= 4 is 28.5 Å². The maximum Gasteiger partial charge on any atom is 0.260 e. The molecule has 3 aromatic rings. The van der Waals surface area contributed by atoms with E-state index in [0.29, 0.717) is 11.3 Å². The number of amides is 1. The number of hydrogen-bond donors (Lipinski definition) is 0. The van der Waals surface area contributed by atoms with Gasteiger partial charge in [-0.15, -0.1) is 0 Å².